The predicted octanol–water partition coefficient (Wildman–Crippen LogP) is 3.98. The number of ether oxygens (including phenoxy) is 12. The lowest BCUT2D eigenvalue weighted by molar-refractivity contribution is 0.00430. The van der Waals surface area contributed by atoms with E-state index in [4.69, 9.17) is 56.8 Å². The summed E-state index contributed by atoms with van der Waals surface area (Å²) >= 11 is 0. The van der Waals surface area contributed by atoms with Crippen LogP contribution in [0.4, 0.5) is 0 Å². The first-order valence-corrected chi connectivity index (χ1v) is 17.0. The van der Waals surface area contributed by atoms with E-state index in [0.717, 1.165) is 16.7 Å². The molecular weight excluding hydrogens is 652 g/mol. The maximum atomic E-state index is 10.0. The number of aliphatic hydroxyl groups is 1. The van der Waals surface area contributed by atoms with Gasteiger partial charge in [-0.3, -0.25) is 0 Å². The van der Waals surface area contributed by atoms with Gasteiger partial charge >= 0.3 is 0 Å². The van der Waals surface area contributed by atoms with Crippen LogP contribution in [-0.4, -0.2) is 111 Å². The predicted molar refractivity (Wildman–Crippen MR) is 181 cm³/mol. The Bertz CT molecular complexity index is 1240. The molecule has 0 fully saturated rings. The van der Waals surface area contributed by atoms with E-state index < -0.39 is 0 Å². The van der Waals surface area contributed by atoms with Gasteiger partial charge in [0.1, 0.15) is 74.1 Å². The minimum Gasteiger partial charge on any atom is -0.491 e. The highest BCUT2D eigenvalue weighted by Gasteiger charge is 2.10. The van der Waals surface area contributed by atoms with Crippen molar-refractivity contribution in [1.82, 2.24) is 0 Å². The minimum absolute atomic E-state index is 0.129. The summed E-state index contributed by atoms with van der Waals surface area (Å²) in [7, 11) is 0. The van der Waals surface area contributed by atoms with E-state index in [9.17, 15) is 5.11 Å². The van der Waals surface area contributed by atoms with Crippen molar-refractivity contribution >= 4 is 0 Å². The van der Waals surface area contributed by atoms with Crippen LogP contribution in [0.15, 0.2) is 54.6 Å². The first-order chi connectivity index (χ1) is 24.7. The van der Waals surface area contributed by atoms with E-state index in [1.54, 1.807) is 36.4 Å². The van der Waals surface area contributed by atoms with Crippen LogP contribution in [0.3, 0.4) is 0 Å². The van der Waals surface area contributed by atoms with Crippen molar-refractivity contribution in [2.24, 2.45) is 0 Å². The van der Waals surface area contributed by atoms with Crippen LogP contribution < -0.4 is 28.4 Å². The van der Waals surface area contributed by atoms with Crippen molar-refractivity contribution in [2.45, 2.75) is 19.8 Å². The fourth-order valence-electron chi connectivity index (χ4n) is 4.98. The molecule has 0 aromatic heterocycles. The van der Waals surface area contributed by atoms with Crippen molar-refractivity contribution in [3.63, 3.8) is 0 Å². The summed E-state index contributed by atoms with van der Waals surface area (Å²) in [6.45, 7) is 6.68. The van der Waals surface area contributed by atoms with Crippen LogP contribution in [0.1, 0.15) is 16.7 Å². The van der Waals surface area contributed by atoms with Crippen molar-refractivity contribution in [2.75, 3.05) is 106 Å². The minimum atomic E-state index is -0.129. The SMILES string of the molecule is OCc1cc2cc(c1)COc1cc3cc(c1)OCCOCCOCCOCCOc1cc(cc(c1)OC2)OCCOCCOCCOCCO3. The van der Waals surface area contributed by atoms with E-state index in [2.05, 4.69) is 0 Å². The Morgan fingerprint density at radius 1 is 0.320 bits per heavy atom. The number of hydrogen-bond acceptors (Lipinski definition) is 13. The van der Waals surface area contributed by atoms with Gasteiger partial charge in [0.15, 0.2) is 0 Å². The monoisotopic (exact) mass is 700 g/mol. The maximum Gasteiger partial charge on any atom is 0.127 e. The van der Waals surface area contributed by atoms with Gasteiger partial charge in [-0.1, -0.05) is 12.1 Å². The normalized spacial score (nSPS) is 18.4. The van der Waals surface area contributed by atoms with Gasteiger partial charge in [-0.25, -0.2) is 0 Å². The van der Waals surface area contributed by atoms with Crippen molar-refractivity contribution < 1.29 is 61.9 Å². The van der Waals surface area contributed by atoms with Crippen molar-refractivity contribution in [1.29, 1.82) is 0 Å². The Balaban J connectivity index is 1.37. The lowest BCUT2D eigenvalue weighted by Crippen LogP contribution is -2.15. The molecule has 0 spiro atoms. The molecule has 2 aliphatic heterocycles. The largest absolute Gasteiger partial charge is 0.491 e. The standard InChI is InChI=1S/C37H48O13/c38-26-29-17-30-19-31(18-29)28-50-37-24-34-21-35(25-37)48-16-12-44-8-4-40-3-7-43-11-15-47-33-20-32(22-36(23-33)49-27-30)45-13-9-41-5-1-39-2-6-42-10-14-46-34/h17-25,38H,1-16,26-28H2. The molecule has 50 heavy (non-hydrogen) atoms. The smallest absolute Gasteiger partial charge is 0.127 e. The third-order valence-corrected chi connectivity index (χ3v) is 7.29. The van der Waals surface area contributed by atoms with Gasteiger partial charge < -0.3 is 61.9 Å². The van der Waals surface area contributed by atoms with Crippen LogP contribution in [-0.2, 0) is 48.2 Å². The highest BCUT2D eigenvalue weighted by Crippen LogP contribution is 2.30. The zero-order valence-electron chi connectivity index (χ0n) is 28.5. The first kappa shape index (κ1) is 37.4. The van der Waals surface area contributed by atoms with Gasteiger partial charge in [-0.05, 0) is 22.8 Å². The Hall–Kier alpha value is -3.82. The molecule has 0 saturated heterocycles. The van der Waals surface area contributed by atoms with Crippen molar-refractivity contribution in [3.05, 3.63) is 71.3 Å². The Morgan fingerprint density at radius 3 is 0.860 bits per heavy atom. The highest BCUT2D eigenvalue weighted by molar-refractivity contribution is 5.43. The molecule has 0 unspecified atom stereocenters. The van der Waals surface area contributed by atoms with Gasteiger partial charge in [0, 0.05) is 36.4 Å². The molecule has 274 valence electrons. The summed E-state index contributed by atoms with van der Waals surface area (Å²) in [6, 6.07) is 16.6. The molecule has 13 heteroatoms. The Kier molecular flexibility index (Phi) is 16.5. The maximum absolute atomic E-state index is 10.0. The topological polar surface area (TPSA) is 131 Å². The number of rotatable bonds is 1. The van der Waals surface area contributed by atoms with E-state index in [1.807, 2.05) is 18.2 Å². The summed E-state index contributed by atoms with van der Waals surface area (Å²) < 4.78 is 70.3. The third-order valence-electron chi connectivity index (χ3n) is 7.29. The molecule has 5 rings (SSSR count). The summed E-state index contributed by atoms with van der Waals surface area (Å²) in [5, 5.41) is 10.0. The Labute approximate surface area is 293 Å². The second kappa shape index (κ2) is 22.1. The van der Waals surface area contributed by atoms with Crippen molar-refractivity contribution in [3.8, 4) is 34.5 Å². The summed E-state index contributed by atoms with van der Waals surface area (Å²) in [6.07, 6.45) is 0. The molecule has 1 N–H and O–H groups in total. The fourth-order valence-corrected chi connectivity index (χ4v) is 4.98. The number of aliphatic hydroxyl groups excluding tert-OH is 1. The summed E-state index contributed by atoms with van der Waals surface area (Å²) in [5.41, 5.74) is 2.46. The molecule has 2 heterocycles. The third kappa shape index (κ3) is 14.2. The van der Waals surface area contributed by atoms with Gasteiger partial charge in [0.2, 0.25) is 0 Å². The van der Waals surface area contributed by atoms with Crippen LogP contribution in [0.25, 0.3) is 0 Å². The summed E-state index contributed by atoms with van der Waals surface area (Å²) in [4.78, 5) is 0. The van der Waals surface area contributed by atoms with E-state index in [1.165, 1.54) is 0 Å². The van der Waals surface area contributed by atoms with E-state index in [-0.39, 0.29) is 19.8 Å². The molecule has 0 atom stereocenters. The number of hydrogen-bond donors (Lipinski definition) is 1. The summed E-state index contributed by atoms with van der Waals surface area (Å²) in [5.74, 6) is 3.43. The van der Waals surface area contributed by atoms with Crippen LogP contribution in [0, 0.1) is 0 Å². The van der Waals surface area contributed by atoms with Gasteiger partial charge in [-0.15, -0.1) is 0 Å². The van der Waals surface area contributed by atoms with Crippen LogP contribution in [0.5, 0.6) is 34.5 Å². The second-order valence-corrected chi connectivity index (χ2v) is 11.2. The zero-order chi connectivity index (χ0) is 34.5. The van der Waals surface area contributed by atoms with Gasteiger partial charge in [0.25, 0.3) is 0 Å². The molecular formula is C37H48O13. The molecule has 0 aliphatic carbocycles. The molecule has 3 aromatic rings. The van der Waals surface area contributed by atoms with Crippen LogP contribution >= 0.6 is 0 Å². The van der Waals surface area contributed by atoms with Crippen LogP contribution in [0.2, 0.25) is 0 Å². The number of fused-ring (bicyclic) bond motifs is 6. The van der Waals surface area contributed by atoms with Gasteiger partial charge in [0.05, 0.1) is 85.9 Å². The lowest BCUT2D eigenvalue weighted by Gasteiger charge is -2.16. The molecule has 0 saturated carbocycles. The zero-order valence-corrected chi connectivity index (χ0v) is 28.5. The Morgan fingerprint density at radius 2 is 0.580 bits per heavy atom. The fraction of sp³-hybridized carbons (Fsp3) is 0.514. The second-order valence-electron chi connectivity index (χ2n) is 11.2. The quantitative estimate of drug-likeness (QED) is 0.393. The molecule has 8 bridgehead atoms. The first-order valence-electron chi connectivity index (χ1n) is 17.0. The highest BCUT2D eigenvalue weighted by atomic mass is 16.6. The van der Waals surface area contributed by atoms with Gasteiger partial charge in [-0.2, -0.15) is 0 Å². The molecule has 2 aliphatic rings. The number of benzene rings is 3. The lowest BCUT2D eigenvalue weighted by atomic mass is 10.1. The van der Waals surface area contributed by atoms with E-state index in [0.29, 0.717) is 140 Å². The molecule has 13 nitrogen and oxygen atoms in total. The molecule has 0 amide bonds. The average molecular weight is 701 g/mol. The average Bonchev–Trinajstić information content (AvgIpc) is 3.13. The van der Waals surface area contributed by atoms with E-state index >= 15 is 0 Å². The molecule has 3 aromatic carbocycles. The molecule has 0 radical (unpaired) electrons.